The molecule has 2 aromatic rings. The van der Waals surface area contributed by atoms with Gasteiger partial charge in [0, 0.05) is 37.8 Å². The number of pyridine rings is 1. The average Bonchev–Trinajstić information content (AvgIpc) is 2.65. The minimum Gasteiger partial charge on any atom is -0.488 e. The summed E-state index contributed by atoms with van der Waals surface area (Å²) in [6.45, 7) is 5.99. The van der Waals surface area contributed by atoms with E-state index >= 15 is 0 Å². The Balaban J connectivity index is 1.60. The summed E-state index contributed by atoms with van der Waals surface area (Å²) in [6, 6.07) is 8.64. The van der Waals surface area contributed by atoms with Gasteiger partial charge in [-0.15, -0.1) is 0 Å². The number of hydrogen-bond donors (Lipinski definition) is 1. The van der Waals surface area contributed by atoms with Crippen molar-refractivity contribution in [1.82, 2.24) is 14.8 Å². The molecule has 0 spiro atoms. The van der Waals surface area contributed by atoms with Crippen molar-refractivity contribution in [3.05, 3.63) is 63.6 Å². The number of aromatic nitrogens is 1. The molecule has 0 fully saturated rings. The molecule has 0 atom stereocenters. The second-order valence-corrected chi connectivity index (χ2v) is 6.43. The molecule has 0 saturated heterocycles. The van der Waals surface area contributed by atoms with Gasteiger partial charge in [0.15, 0.2) is 5.75 Å². The maximum atomic E-state index is 12.6. The van der Waals surface area contributed by atoms with Crippen molar-refractivity contribution in [3.8, 4) is 5.75 Å². The van der Waals surface area contributed by atoms with Gasteiger partial charge in [0.2, 0.25) is 5.43 Å². The van der Waals surface area contributed by atoms with Crippen LogP contribution in [-0.2, 0) is 6.54 Å². The Morgan fingerprint density at radius 2 is 1.93 bits per heavy atom. The molecule has 7 nitrogen and oxygen atoms in total. The number of carbonyl (C=O) groups excluding carboxylic acids is 2. The molecule has 0 radical (unpaired) electrons. The van der Waals surface area contributed by atoms with Gasteiger partial charge in [-0.3, -0.25) is 14.4 Å². The van der Waals surface area contributed by atoms with Gasteiger partial charge in [-0.25, -0.2) is 0 Å². The Morgan fingerprint density at radius 1 is 1.19 bits per heavy atom. The number of nitrogens with one attached hydrogen (secondary N) is 1. The van der Waals surface area contributed by atoms with E-state index < -0.39 is 0 Å². The Kier molecular flexibility index (Phi) is 5.59. The molecule has 1 aromatic carbocycles. The van der Waals surface area contributed by atoms with E-state index in [0.717, 1.165) is 5.56 Å². The molecule has 142 valence electrons. The minimum absolute atomic E-state index is 0.169. The number of rotatable bonds is 6. The average molecular weight is 369 g/mol. The molecule has 2 heterocycles. The van der Waals surface area contributed by atoms with Gasteiger partial charge < -0.3 is 19.5 Å². The first kappa shape index (κ1) is 18.7. The summed E-state index contributed by atoms with van der Waals surface area (Å²) < 4.78 is 7.05. The zero-order chi connectivity index (χ0) is 19.4. The standard InChI is InChI=1S/C20H23N3O4/c1-3-27-18-13-23-11-10-22(20(26)16(23)12-17(18)24)9-8-21-19(25)15-6-4-14(2)5-7-15/h4-7,12-13H,3,8-11H2,1-2H3,(H,21,25). The highest BCUT2D eigenvalue weighted by Gasteiger charge is 2.25. The lowest BCUT2D eigenvalue weighted by Gasteiger charge is -2.30. The first-order chi connectivity index (χ1) is 13.0. The fraction of sp³-hybridized carbons (Fsp3) is 0.350. The summed E-state index contributed by atoms with van der Waals surface area (Å²) in [5.41, 5.74) is 1.73. The Labute approximate surface area is 157 Å². The van der Waals surface area contributed by atoms with Crippen LogP contribution in [0.5, 0.6) is 5.75 Å². The zero-order valence-electron chi connectivity index (χ0n) is 15.5. The summed E-state index contributed by atoms with van der Waals surface area (Å²) in [7, 11) is 0. The first-order valence-electron chi connectivity index (χ1n) is 9.01. The van der Waals surface area contributed by atoms with Crippen LogP contribution in [0, 0.1) is 6.92 Å². The van der Waals surface area contributed by atoms with Gasteiger partial charge in [-0.1, -0.05) is 17.7 Å². The van der Waals surface area contributed by atoms with Crippen molar-refractivity contribution in [1.29, 1.82) is 0 Å². The highest BCUT2D eigenvalue weighted by Crippen LogP contribution is 2.14. The van der Waals surface area contributed by atoms with Gasteiger partial charge in [-0.2, -0.15) is 0 Å². The maximum absolute atomic E-state index is 12.6. The predicted molar refractivity (Wildman–Crippen MR) is 101 cm³/mol. The summed E-state index contributed by atoms with van der Waals surface area (Å²) in [5, 5.41) is 2.83. The fourth-order valence-corrected chi connectivity index (χ4v) is 3.00. The number of fused-ring (bicyclic) bond motifs is 1. The van der Waals surface area contributed by atoms with Gasteiger partial charge >= 0.3 is 0 Å². The fourth-order valence-electron chi connectivity index (χ4n) is 3.00. The Bertz CT molecular complexity index is 902. The number of amides is 2. The van der Waals surface area contributed by atoms with Gasteiger partial charge in [0.1, 0.15) is 5.69 Å². The van der Waals surface area contributed by atoms with E-state index in [0.29, 0.717) is 44.0 Å². The molecule has 1 aromatic heterocycles. The number of ether oxygens (including phenoxy) is 1. The second kappa shape index (κ2) is 8.07. The molecule has 7 heteroatoms. The molecule has 2 amide bonds. The van der Waals surface area contributed by atoms with Crippen LogP contribution in [-0.4, -0.2) is 47.5 Å². The number of hydrogen-bond acceptors (Lipinski definition) is 4. The van der Waals surface area contributed by atoms with Crippen molar-refractivity contribution in [2.45, 2.75) is 20.4 Å². The minimum atomic E-state index is -0.300. The second-order valence-electron chi connectivity index (χ2n) is 6.43. The zero-order valence-corrected chi connectivity index (χ0v) is 15.5. The molecule has 0 bridgehead atoms. The molecular formula is C20H23N3O4. The van der Waals surface area contributed by atoms with Gasteiger partial charge in [-0.05, 0) is 26.0 Å². The van der Waals surface area contributed by atoms with E-state index in [1.807, 2.05) is 19.1 Å². The monoisotopic (exact) mass is 369 g/mol. The molecule has 0 aliphatic carbocycles. The van der Waals surface area contributed by atoms with Crippen molar-refractivity contribution < 1.29 is 14.3 Å². The number of benzene rings is 1. The quantitative estimate of drug-likeness (QED) is 0.836. The van der Waals surface area contributed by atoms with E-state index in [2.05, 4.69) is 5.32 Å². The SMILES string of the molecule is CCOc1cn2c(cc1=O)C(=O)N(CCNC(=O)c1ccc(C)cc1)CC2. The van der Waals surface area contributed by atoms with E-state index in [4.69, 9.17) is 4.74 Å². The van der Waals surface area contributed by atoms with Crippen LogP contribution in [0.2, 0.25) is 0 Å². The van der Waals surface area contributed by atoms with E-state index in [-0.39, 0.29) is 23.0 Å². The highest BCUT2D eigenvalue weighted by atomic mass is 16.5. The summed E-state index contributed by atoms with van der Waals surface area (Å²) in [4.78, 5) is 38.5. The molecule has 1 aliphatic rings. The molecule has 3 rings (SSSR count). The van der Waals surface area contributed by atoms with Crippen LogP contribution >= 0.6 is 0 Å². The van der Waals surface area contributed by atoms with Gasteiger partial charge in [0.25, 0.3) is 11.8 Å². The molecule has 27 heavy (non-hydrogen) atoms. The smallest absolute Gasteiger partial charge is 0.270 e. The van der Waals surface area contributed by atoms with Crippen LogP contribution < -0.4 is 15.5 Å². The van der Waals surface area contributed by atoms with Crippen molar-refractivity contribution >= 4 is 11.8 Å². The summed E-state index contributed by atoms with van der Waals surface area (Å²) >= 11 is 0. The van der Waals surface area contributed by atoms with Crippen molar-refractivity contribution in [3.63, 3.8) is 0 Å². The highest BCUT2D eigenvalue weighted by molar-refractivity contribution is 5.94. The van der Waals surface area contributed by atoms with E-state index in [9.17, 15) is 14.4 Å². The van der Waals surface area contributed by atoms with E-state index in [1.165, 1.54) is 6.07 Å². The first-order valence-corrected chi connectivity index (χ1v) is 9.01. The van der Waals surface area contributed by atoms with Crippen LogP contribution in [0.25, 0.3) is 0 Å². The van der Waals surface area contributed by atoms with Crippen LogP contribution in [0.4, 0.5) is 0 Å². The van der Waals surface area contributed by atoms with Crippen molar-refractivity contribution in [2.75, 3.05) is 26.2 Å². The Hall–Kier alpha value is -3.09. The number of carbonyl (C=O) groups is 2. The van der Waals surface area contributed by atoms with E-state index in [1.54, 1.807) is 34.7 Å². The molecule has 0 saturated carbocycles. The lowest BCUT2D eigenvalue weighted by molar-refractivity contribution is 0.0696. The molecule has 0 unspecified atom stereocenters. The number of aryl methyl sites for hydroxylation is 1. The van der Waals surface area contributed by atoms with Gasteiger partial charge in [0.05, 0.1) is 12.8 Å². The molecular weight excluding hydrogens is 346 g/mol. The van der Waals surface area contributed by atoms with Crippen molar-refractivity contribution in [2.24, 2.45) is 0 Å². The van der Waals surface area contributed by atoms with Crippen LogP contribution in [0.1, 0.15) is 33.3 Å². The molecule has 1 N–H and O–H groups in total. The summed E-state index contributed by atoms with van der Waals surface area (Å²) in [5.74, 6) is -0.128. The third-order valence-electron chi connectivity index (χ3n) is 4.49. The Morgan fingerprint density at radius 3 is 2.63 bits per heavy atom. The molecule has 1 aliphatic heterocycles. The van der Waals surface area contributed by atoms with Crippen LogP contribution in [0.15, 0.2) is 41.3 Å². The lowest BCUT2D eigenvalue weighted by atomic mass is 10.1. The normalized spacial score (nSPS) is 13.3. The largest absolute Gasteiger partial charge is 0.488 e. The predicted octanol–water partition coefficient (Wildman–Crippen LogP) is 1.44. The third-order valence-corrected chi connectivity index (χ3v) is 4.49. The number of nitrogens with zero attached hydrogens (tertiary/aromatic N) is 2. The third kappa shape index (κ3) is 4.19. The maximum Gasteiger partial charge on any atom is 0.270 e. The summed E-state index contributed by atoms with van der Waals surface area (Å²) in [6.07, 6.45) is 1.59. The van der Waals surface area contributed by atoms with Crippen LogP contribution in [0.3, 0.4) is 0 Å². The lowest BCUT2D eigenvalue weighted by Crippen LogP contribution is -2.45. The topological polar surface area (TPSA) is 80.6 Å².